The lowest BCUT2D eigenvalue weighted by Gasteiger charge is -2.37. The largest absolute Gasteiger partial charge is 0.444 e. The Morgan fingerprint density at radius 3 is 2.40 bits per heavy atom. The Labute approximate surface area is 177 Å². The van der Waals surface area contributed by atoms with Crippen LogP contribution >= 0.6 is 0 Å². The van der Waals surface area contributed by atoms with Crippen molar-refractivity contribution in [1.29, 1.82) is 0 Å². The topological polar surface area (TPSA) is 78.5 Å². The van der Waals surface area contributed by atoms with E-state index in [0.29, 0.717) is 31.8 Å². The molecule has 2 aliphatic heterocycles. The highest BCUT2D eigenvalue weighted by molar-refractivity contribution is 5.81. The third-order valence-corrected chi connectivity index (χ3v) is 6.23. The van der Waals surface area contributed by atoms with E-state index in [0.717, 1.165) is 31.6 Å². The summed E-state index contributed by atoms with van der Waals surface area (Å²) in [6.45, 7) is 8.38. The molecule has 0 radical (unpaired) electrons. The molecule has 2 fully saturated rings. The lowest BCUT2D eigenvalue weighted by atomic mass is 9.88. The van der Waals surface area contributed by atoms with Gasteiger partial charge in [-0.1, -0.05) is 0 Å². The second-order valence-electron chi connectivity index (χ2n) is 9.48. The van der Waals surface area contributed by atoms with E-state index in [1.54, 1.807) is 11.1 Å². The molecular weight excluding hydrogens is 380 g/mol. The number of nitrogens with one attached hydrogen (secondary N) is 1. The van der Waals surface area contributed by atoms with Crippen LogP contribution in [0, 0.1) is 5.92 Å². The molecule has 0 aliphatic carbocycles. The molecule has 0 bridgehead atoms. The monoisotopic (exact) mass is 412 g/mol. The van der Waals surface area contributed by atoms with Crippen molar-refractivity contribution in [2.24, 2.45) is 5.92 Å². The summed E-state index contributed by atoms with van der Waals surface area (Å²) in [4.78, 5) is 36.7. The second kappa shape index (κ2) is 8.28. The van der Waals surface area contributed by atoms with Crippen LogP contribution in [-0.4, -0.2) is 63.5 Å². The van der Waals surface area contributed by atoms with Gasteiger partial charge in [0.2, 0.25) is 5.91 Å². The van der Waals surface area contributed by atoms with Gasteiger partial charge >= 0.3 is 6.09 Å². The quantitative estimate of drug-likeness (QED) is 0.811. The highest BCUT2D eigenvalue weighted by atomic mass is 16.6. The predicted octanol–water partition coefficient (Wildman–Crippen LogP) is 3.92. The Balaban J connectivity index is 1.28. The standard InChI is InChI=1S/C23H32N4O3/c1-23(2,3)30-22(29)27-13-8-17(9-14-27)21(28)26-11-6-16(7-12-26)19-15-25-20-18(19)5-4-10-24-20/h4-5,10,15-17H,6-9,11-14H2,1-3H3,(H,24,25). The molecule has 2 aliphatic rings. The van der Waals surface area contributed by atoms with Gasteiger partial charge in [-0.2, -0.15) is 0 Å². The molecule has 7 heteroatoms. The van der Waals surface area contributed by atoms with Crippen molar-refractivity contribution >= 4 is 23.0 Å². The van der Waals surface area contributed by atoms with Crippen LogP contribution < -0.4 is 0 Å². The number of carbonyl (C=O) groups is 2. The van der Waals surface area contributed by atoms with Gasteiger partial charge in [0.1, 0.15) is 11.2 Å². The van der Waals surface area contributed by atoms with E-state index in [9.17, 15) is 9.59 Å². The van der Waals surface area contributed by atoms with Crippen molar-refractivity contribution < 1.29 is 14.3 Å². The molecule has 162 valence electrons. The van der Waals surface area contributed by atoms with Crippen molar-refractivity contribution in [2.45, 2.75) is 58.0 Å². The number of hydrogen-bond acceptors (Lipinski definition) is 4. The molecule has 2 saturated heterocycles. The summed E-state index contributed by atoms with van der Waals surface area (Å²) >= 11 is 0. The molecule has 2 aromatic rings. The predicted molar refractivity (Wildman–Crippen MR) is 115 cm³/mol. The number of rotatable bonds is 2. The number of fused-ring (bicyclic) bond motifs is 1. The second-order valence-corrected chi connectivity index (χ2v) is 9.48. The maximum absolute atomic E-state index is 13.0. The molecule has 0 saturated carbocycles. The fraction of sp³-hybridized carbons (Fsp3) is 0.609. The maximum Gasteiger partial charge on any atom is 0.410 e. The van der Waals surface area contributed by atoms with Gasteiger partial charge in [0, 0.05) is 49.9 Å². The van der Waals surface area contributed by atoms with Gasteiger partial charge < -0.3 is 19.5 Å². The number of hydrogen-bond donors (Lipinski definition) is 1. The molecule has 7 nitrogen and oxygen atoms in total. The van der Waals surface area contributed by atoms with Gasteiger partial charge in [0.15, 0.2) is 0 Å². The highest BCUT2D eigenvalue weighted by Gasteiger charge is 2.33. The minimum atomic E-state index is -0.491. The third-order valence-electron chi connectivity index (χ3n) is 6.23. The molecule has 0 atom stereocenters. The highest BCUT2D eigenvalue weighted by Crippen LogP contribution is 2.33. The van der Waals surface area contributed by atoms with Gasteiger partial charge in [-0.05, 0) is 70.1 Å². The van der Waals surface area contributed by atoms with E-state index in [-0.39, 0.29) is 17.9 Å². The molecule has 30 heavy (non-hydrogen) atoms. The summed E-state index contributed by atoms with van der Waals surface area (Å²) in [6, 6.07) is 4.09. The van der Waals surface area contributed by atoms with E-state index < -0.39 is 5.60 Å². The molecule has 4 rings (SSSR count). The van der Waals surface area contributed by atoms with Gasteiger partial charge in [-0.3, -0.25) is 4.79 Å². The molecule has 0 unspecified atom stereocenters. The molecule has 0 aromatic carbocycles. The first-order valence-electron chi connectivity index (χ1n) is 11.0. The first-order valence-corrected chi connectivity index (χ1v) is 11.0. The number of aromatic nitrogens is 2. The van der Waals surface area contributed by atoms with Gasteiger partial charge in [0.25, 0.3) is 0 Å². The van der Waals surface area contributed by atoms with Crippen molar-refractivity contribution in [3.63, 3.8) is 0 Å². The fourth-order valence-corrected chi connectivity index (χ4v) is 4.62. The van der Waals surface area contributed by atoms with Gasteiger partial charge in [-0.25, -0.2) is 9.78 Å². The number of piperidine rings is 2. The first-order chi connectivity index (χ1) is 14.3. The number of ether oxygens (including phenoxy) is 1. The zero-order valence-electron chi connectivity index (χ0n) is 18.2. The molecule has 0 spiro atoms. The van der Waals surface area contributed by atoms with Crippen LogP contribution in [-0.2, 0) is 9.53 Å². The summed E-state index contributed by atoms with van der Waals surface area (Å²) in [5.41, 5.74) is 1.76. The van der Waals surface area contributed by atoms with Crippen LogP contribution in [0.3, 0.4) is 0 Å². The smallest absolute Gasteiger partial charge is 0.410 e. The Morgan fingerprint density at radius 1 is 1.07 bits per heavy atom. The number of amides is 2. The number of H-pyrrole nitrogens is 1. The minimum Gasteiger partial charge on any atom is -0.444 e. The van der Waals surface area contributed by atoms with Gasteiger partial charge in [0.05, 0.1) is 0 Å². The average molecular weight is 413 g/mol. The number of aromatic amines is 1. The third kappa shape index (κ3) is 4.45. The van der Waals surface area contributed by atoms with Crippen molar-refractivity contribution in [3.8, 4) is 0 Å². The van der Waals surface area contributed by atoms with E-state index in [1.807, 2.05) is 31.7 Å². The molecule has 1 N–H and O–H groups in total. The maximum atomic E-state index is 13.0. The molecular formula is C23H32N4O3. The van der Waals surface area contributed by atoms with Crippen LogP contribution in [0.5, 0.6) is 0 Å². The first kappa shape index (κ1) is 20.7. The van der Waals surface area contributed by atoms with Gasteiger partial charge in [-0.15, -0.1) is 0 Å². The summed E-state index contributed by atoms with van der Waals surface area (Å²) < 4.78 is 5.45. The van der Waals surface area contributed by atoms with Crippen LogP contribution in [0.25, 0.3) is 11.0 Å². The number of carbonyl (C=O) groups excluding carboxylic acids is 2. The summed E-state index contributed by atoms with van der Waals surface area (Å²) in [5.74, 6) is 0.719. The summed E-state index contributed by atoms with van der Waals surface area (Å²) in [7, 11) is 0. The van der Waals surface area contributed by atoms with E-state index in [4.69, 9.17) is 4.74 Å². The summed E-state index contributed by atoms with van der Waals surface area (Å²) in [5, 5.41) is 1.19. The average Bonchev–Trinajstić information content (AvgIpc) is 3.16. The normalized spacial score (nSPS) is 19.3. The Kier molecular flexibility index (Phi) is 5.71. The lowest BCUT2D eigenvalue weighted by molar-refractivity contribution is -0.138. The van der Waals surface area contributed by atoms with E-state index in [1.165, 1.54) is 10.9 Å². The van der Waals surface area contributed by atoms with E-state index >= 15 is 0 Å². The van der Waals surface area contributed by atoms with Crippen molar-refractivity contribution in [2.75, 3.05) is 26.2 Å². The van der Waals surface area contributed by atoms with Crippen LogP contribution in [0.15, 0.2) is 24.5 Å². The SMILES string of the molecule is CC(C)(C)OC(=O)N1CCC(C(=O)N2CCC(c3c[nH]c4ncccc34)CC2)CC1. The summed E-state index contributed by atoms with van der Waals surface area (Å²) in [6.07, 6.45) is 6.99. The Hall–Kier alpha value is -2.57. The zero-order chi connectivity index (χ0) is 21.3. The number of pyridine rings is 1. The van der Waals surface area contributed by atoms with Crippen LogP contribution in [0.2, 0.25) is 0 Å². The van der Waals surface area contributed by atoms with Crippen molar-refractivity contribution in [1.82, 2.24) is 19.8 Å². The van der Waals surface area contributed by atoms with Crippen LogP contribution in [0.4, 0.5) is 4.79 Å². The van der Waals surface area contributed by atoms with Crippen LogP contribution in [0.1, 0.15) is 57.9 Å². The molecule has 2 amide bonds. The number of likely N-dealkylation sites (tertiary alicyclic amines) is 2. The van der Waals surface area contributed by atoms with Crippen molar-refractivity contribution in [3.05, 3.63) is 30.1 Å². The number of nitrogens with zero attached hydrogens (tertiary/aromatic N) is 3. The molecule has 4 heterocycles. The lowest BCUT2D eigenvalue weighted by Crippen LogP contribution is -2.47. The fourth-order valence-electron chi connectivity index (χ4n) is 4.62. The van der Waals surface area contributed by atoms with E-state index in [2.05, 4.69) is 22.2 Å². The zero-order valence-corrected chi connectivity index (χ0v) is 18.2. The minimum absolute atomic E-state index is 0.0116. The Bertz CT molecular complexity index is 901. The molecule has 2 aromatic heterocycles. The Morgan fingerprint density at radius 2 is 1.73 bits per heavy atom.